The maximum Gasteiger partial charge on any atom is 0.0333 e. The molecule has 3 heteroatoms. The number of thiophene rings is 1. The summed E-state index contributed by atoms with van der Waals surface area (Å²) in [6, 6.07) is 2.28. The molecule has 1 N–H and O–H groups in total. The zero-order valence-corrected chi connectivity index (χ0v) is 14.4. The van der Waals surface area contributed by atoms with Gasteiger partial charge in [-0.1, -0.05) is 27.7 Å². The van der Waals surface area contributed by atoms with Gasteiger partial charge in [-0.25, -0.2) is 0 Å². The van der Waals surface area contributed by atoms with E-state index in [0.29, 0.717) is 11.1 Å². The Morgan fingerprint density at radius 3 is 2.35 bits per heavy atom. The van der Waals surface area contributed by atoms with Crippen molar-refractivity contribution in [3.63, 3.8) is 0 Å². The maximum absolute atomic E-state index is 3.90. The third-order valence-electron chi connectivity index (χ3n) is 5.58. The van der Waals surface area contributed by atoms with Crippen molar-refractivity contribution in [2.45, 2.75) is 71.0 Å². The molecule has 20 heavy (non-hydrogen) atoms. The van der Waals surface area contributed by atoms with Crippen LogP contribution in [0, 0.1) is 0 Å². The Morgan fingerprint density at radius 1 is 1.15 bits per heavy atom. The van der Waals surface area contributed by atoms with Crippen LogP contribution in [-0.2, 0) is 6.54 Å². The summed E-state index contributed by atoms with van der Waals surface area (Å²) in [4.78, 5) is 2.76. The van der Waals surface area contributed by atoms with E-state index in [1.54, 1.807) is 0 Å². The van der Waals surface area contributed by atoms with Crippen molar-refractivity contribution in [2.75, 3.05) is 13.1 Å². The van der Waals surface area contributed by atoms with Gasteiger partial charge in [0.25, 0.3) is 0 Å². The van der Waals surface area contributed by atoms with Gasteiger partial charge in [0.05, 0.1) is 0 Å². The molecule has 0 unspecified atom stereocenters. The van der Waals surface area contributed by atoms with Crippen molar-refractivity contribution in [3.8, 4) is 0 Å². The number of hydrogen-bond acceptors (Lipinski definition) is 3. The van der Waals surface area contributed by atoms with Crippen LogP contribution in [0.25, 0.3) is 0 Å². The van der Waals surface area contributed by atoms with E-state index in [1.807, 2.05) is 11.3 Å². The van der Waals surface area contributed by atoms with Crippen molar-refractivity contribution in [1.29, 1.82) is 0 Å². The summed E-state index contributed by atoms with van der Waals surface area (Å²) in [7, 11) is 0. The molecule has 0 bridgehead atoms. The number of nitrogens with zero attached hydrogens (tertiary/aromatic N) is 1. The first-order valence-corrected chi connectivity index (χ1v) is 9.09. The first-order chi connectivity index (χ1) is 9.63. The Morgan fingerprint density at radius 2 is 1.85 bits per heavy atom. The van der Waals surface area contributed by atoms with Crippen molar-refractivity contribution in [1.82, 2.24) is 10.2 Å². The Bertz CT molecular complexity index is 391. The van der Waals surface area contributed by atoms with Crippen LogP contribution in [0.3, 0.4) is 0 Å². The Hall–Kier alpha value is -0.380. The molecule has 1 fully saturated rings. The third kappa shape index (κ3) is 2.95. The van der Waals surface area contributed by atoms with Gasteiger partial charge in [0.2, 0.25) is 0 Å². The quantitative estimate of drug-likeness (QED) is 0.843. The van der Waals surface area contributed by atoms with Gasteiger partial charge in [-0.2, -0.15) is 11.3 Å². The molecule has 0 spiro atoms. The van der Waals surface area contributed by atoms with Gasteiger partial charge in [0.15, 0.2) is 0 Å². The Kier molecular flexibility index (Phi) is 5.27. The van der Waals surface area contributed by atoms with Crippen LogP contribution in [0.5, 0.6) is 0 Å². The van der Waals surface area contributed by atoms with Crippen LogP contribution in [0.1, 0.15) is 58.9 Å². The molecule has 0 aromatic carbocycles. The molecule has 1 aliphatic heterocycles. The molecule has 2 rings (SSSR count). The summed E-state index contributed by atoms with van der Waals surface area (Å²) in [5.74, 6) is 0. The van der Waals surface area contributed by atoms with Crippen LogP contribution in [0.2, 0.25) is 0 Å². The zero-order valence-electron chi connectivity index (χ0n) is 13.5. The van der Waals surface area contributed by atoms with Gasteiger partial charge in [0, 0.05) is 30.7 Å². The Labute approximate surface area is 128 Å². The number of hydrogen-bond donors (Lipinski definition) is 1. The molecule has 0 saturated carbocycles. The predicted octanol–water partition coefficient (Wildman–Crippen LogP) is 4.27. The average molecular weight is 295 g/mol. The lowest BCUT2D eigenvalue weighted by Gasteiger charge is -2.54. The van der Waals surface area contributed by atoms with Gasteiger partial charge in [-0.3, -0.25) is 4.90 Å². The van der Waals surface area contributed by atoms with E-state index in [9.17, 15) is 0 Å². The molecular weight excluding hydrogens is 264 g/mol. The molecule has 2 nitrogen and oxygen atoms in total. The molecule has 0 aliphatic carbocycles. The second kappa shape index (κ2) is 6.59. The number of rotatable bonds is 6. The normalized spacial score (nSPS) is 22.0. The van der Waals surface area contributed by atoms with Crippen molar-refractivity contribution < 1.29 is 0 Å². The largest absolute Gasteiger partial charge is 0.308 e. The Balaban J connectivity index is 2.22. The van der Waals surface area contributed by atoms with Crippen LogP contribution >= 0.6 is 11.3 Å². The standard InChI is InChI=1S/C17H30N2S/c1-5-16(6-2)14-19(11-15-9-10-20-12-15)17(7-3,8-4)13-18-16/h9-10,12,18H,5-8,11,13-14H2,1-4H3. The van der Waals surface area contributed by atoms with Crippen LogP contribution < -0.4 is 5.32 Å². The predicted molar refractivity (Wildman–Crippen MR) is 89.4 cm³/mol. The highest BCUT2D eigenvalue weighted by Crippen LogP contribution is 2.34. The summed E-state index contributed by atoms with van der Waals surface area (Å²) in [5.41, 5.74) is 2.11. The van der Waals surface area contributed by atoms with E-state index in [0.717, 1.165) is 13.1 Å². The first kappa shape index (κ1) is 16.0. The fourth-order valence-electron chi connectivity index (χ4n) is 3.55. The first-order valence-electron chi connectivity index (χ1n) is 8.15. The van der Waals surface area contributed by atoms with Gasteiger partial charge in [-0.05, 0) is 48.1 Å². The van der Waals surface area contributed by atoms with Crippen LogP contribution in [0.4, 0.5) is 0 Å². The van der Waals surface area contributed by atoms with Gasteiger partial charge in [0.1, 0.15) is 0 Å². The fraction of sp³-hybridized carbons (Fsp3) is 0.765. The molecule has 2 heterocycles. The van der Waals surface area contributed by atoms with Crippen LogP contribution in [0.15, 0.2) is 16.8 Å². The lowest BCUT2D eigenvalue weighted by atomic mass is 9.80. The summed E-state index contributed by atoms with van der Waals surface area (Å²) < 4.78 is 0. The lowest BCUT2D eigenvalue weighted by Crippen LogP contribution is -2.69. The average Bonchev–Trinajstić information content (AvgIpc) is 3.00. The van der Waals surface area contributed by atoms with E-state index in [4.69, 9.17) is 0 Å². The molecule has 1 saturated heterocycles. The highest BCUT2D eigenvalue weighted by Gasteiger charge is 2.43. The second-order valence-corrected chi connectivity index (χ2v) is 7.04. The smallest absolute Gasteiger partial charge is 0.0333 e. The van der Waals surface area contributed by atoms with E-state index in [1.165, 1.54) is 37.8 Å². The van der Waals surface area contributed by atoms with Crippen molar-refractivity contribution in [2.24, 2.45) is 0 Å². The molecule has 0 radical (unpaired) electrons. The highest BCUT2D eigenvalue weighted by atomic mass is 32.1. The summed E-state index contributed by atoms with van der Waals surface area (Å²) in [5, 5.41) is 8.40. The third-order valence-corrected chi connectivity index (χ3v) is 6.31. The maximum atomic E-state index is 3.90. The SMILES string of the molecule is CCC1(CC)CN(Cc2ccsc2)C(CC)(CC)CN1. The molecule has 1 aromatic rings. The second-order valence-electron chi connectivity index (χ2n) is 6.26. The minimum Gasteiger partial charge on any atom is -0.308 e. The molecule has 0 atom stereocenters. The lowest BCUT2D eigenvalue weighted by molar-refractivity contribution is -0.0110. The summed E-state index contributed by atoms with van der Waals surface area (Å²) >= 11 is 1.81. The monoisotopic (exact) mass is 294 g/mol. The van der Waals surface area contributed by atoms with Crippen molar-refractivity contribution >= 4 is 11.3 Å². The van der Waals surface area contributed by atoms with Gasteiger partial charge >= 0.3 is 0 Å². The van der Waals surface area contributed by atoms with Crippen LogP contribution in [-0.4, -0.2) is 29.1 Å². The minimum atomic E-state index is 0.309. The zero-order chi connectivity index (χ0) is 14.6. The van der Waals surface area contributed by atoms with E-state index in [-0.39, 0.29) is 0 Å². The van der Waals surface area contributed by atoms with Gasteiger partial charge in [-0.15, -0.1) is 0 Å². The minimum absolute atomic E-state index is 0.309. The molecular formula is C17H30N2S. The van der Waals surface area contributed by atoms with Gasteiger partial charge < -0.3 is 5.32 Å². The van der Waals surface area contributed by atoms with E-state index >= 15 is 0 Å². The topological polar surface area (TPSA) is 15.3 Å². The highest BCUT2D eigenvalue weighted by molar-refractivity contribution is 7.07. The molecule has 1 aromatic heterocycles. The van der Waals surface area contributed by atoms with E-state index in [2.05, 4.69) is 54.7 Å². The molecule has 1 aliphatic rings. The van der Waals surface area contributed by atoms with E-state index < -0.39 is 0 Å². The molecule has 0 amide bonds. The molecule has 114 valence electrons. The van der Waals surface area contributed by atoms with Crippen molar-refractivity contribution in [3.05, 3.63) is 22.4 Å². The summed E-state index contributed by atoms with van der Waals surface area (Å²) in [6.07, 6.45) is 4.88. The number of piperazine rings is 1. The number of nitrogens with one attached hydrogen (secondary N) is 1. The fourth-order valence-corrected chi connectivity index (χ4v) is 4.21. The summed E-state index contributed by atoms with van der Waals surface area (Å²) in [6.45, 7) is 12.7.